The summed E-state index contributed by atoms with van der Waals surface area (Å²) in [6.45, 7) is 11.3. The number of benzene rings is 2. The molecular weight excluding hydrogens is 524 g/mol. The summed E-state index contributed by atoms with van der Waals surface area (Å²) in [5, 5.41) is 11.1. The van der Waals surface area contributed by atoms with Gasteiger partial charge in [0.1, 0.15) is 0 Å². The van der Waals surface area contributed by atoms with Gasteiger partial charge >= 0.3 is 5.97 Å². The van der Waals surface area contributed by atoms with Gasteiger partial charge in [-0.3, -0.25) is 9.36 Å². The van der Waals surface area contributed by atoms with Crippen LogP contribution in [0.5, 0.6) is 11.5 Å². The van der Waals surface area contributed by atoms with Crippen LogP contribution in [0.3, 0.4) is 0 Å². The van der Waals surface area contributed by atoms with Crippen molar-refractivity contribution in [2.24, 2.45) is 4.99 Å². The van der Waals surface area contributed by atoms with Gasteiger partial charge in [-0.05, 0) is 75.6 Å². The van der Waals surface area contributed by atoms with Gasteiger partial charge in [0.05, 0.1) is 34.6 Å². The molecule has 1 aromatic heterocycles. The van der Waals surface area contributed by atoms with E-state index in [-0.39, 0.29) is 17.4 Å². The molecular formula is C29H29ClN2O5S. The lowest BCUT2D eigenvalue weighted by Gasteiger charge is -2.25. The molecule has 0 radical (unpaired) electrons. The predicted molar refractivity (Wildman–Crippen MR) is 150 cm³/mol. The zero-order valence-electron chi connectivity index (χ0n) is 21.7. The van der Waals surface area contributed by atoms with E-state index in [9.17, 15) is 14.7 Å². The number of allylic oxidation sites excluding steroid dienone is 2. The number of hydrogen-bond donors (Lipinski definition) is 1. The van der Waals surface area contributed by atoms with Crippen molar-refractivity contribution in [3.63, 3.8) is 0 Å². The maximum absolute atomic E-state index is 13.8. The van der Waals surface area contributed by atoms with E-state index < -0.39 is 12.0 Å². The highest BCUT2D eigenvalue weighted by molar-refractivity contribution is 7.07. The number of halogens is 1. The molecule has 0 amide bonds. The third kappa shape index (κ3) is 5.47. The first-order valence-corrected chi connectivity index (χ1v) is 13.4. The molecule has 1 atom stereocenters. The molecule has 0 saturated heterocycles. The van der Waals surface area contributed by atoms with Gasteiger partial charge in [0.2, 0.25) is 0 Å². The van der Waals surface area contributed by atoms with Gasteiger partial charge in [-0.1, -0.05) is 41.1 Å². The van der Waals surface area contributed by atoms with Crippen LogP contribution in [0.2, 0.25) is 5.02 Å². The molecule has 0 spiro atoms. The molecule has 7 nitrogen and oxygen atoms in total. The molecule has 0 saturated carbocycles. The summed E-state index contributed by atoms with van der Waals surface area (Å²) < 4.78 is 13.1. The number of phenolic OH excluding ortho intramolecular Hbond substituents is 1. The number of aromatic hydroxyl groups is 1. The van der Waals surface area contributed by atoms with Crippen LogP contribution < -0.4 is 19.6 Å². The number of phenols is 1. The van der Waals surface area contributed by atoms with Gasteiger partial charge in [-0.15, -0.1) is 6.58 Å². The van der Waals surface area contributed by atoms with E-state index in [0.717, 1.165) is 0 Å². The lowest BCUT2D eigenvalue weighted by atomic mass is 9.96. The zero-order chi connectivity index (χ0) is 27.6. The van der Waals surface area contributed by atoms with Crippen LogP contribution in [0.25, 0.3) is 6.08 Å². The van der Waals surface area contributed by atoms with Gasteiger partial charge in [0.25, 0.3) is 5.56 Å². The molecule has 1 aliphatic rings. The summed E-state index contributed by atoms with van der Waals surface area (Å²) in [6, 6.07) is 9.79. The highest BCUT2D eigenvalue weighted by atomic mass is 35.5. The summed E-state index contributed by atoms with van der Waals surface area (Å²) >= 11 is 7.35. The minimum absolute atomic E-state index is 0.0528. The fourth-order valence-electron chi connectivity index (χ4n) is 4.32. The second kappa shape index (κ2) is 11.4. The number of thiazole rings is 1. The molecule has 0 aliphatic carbocycles. The molecule has 38 heavy (non-hydrogen) atoms. The Morgan fingerprint density at radius 1 is 1.29 bits per heavy atom. The molecule has 1 aliphatic heterocycles. The fourth-order valence-corrected chi connectivity index (χ4v) is 5.49. The predicted octanol–water partition coefficient (Wildman–Crippen LogP) is 4.67. The van der Waals surface area contributed by atoms with Crippen molar-refractivity contribution < 1.29 is 19.4 Å². The largest absolute Gasteiger partial charge is 0.504 e. The summed E-state index contributed by atoms with van der Waals surface area (Å²) in [5.41, 5.74) is 2.53. The van der Waals surface area contributed by atoms with E-state index in [1.807, 2.05) is 6.92 Å². The number of aromatic nitrogens is 1. The first-order chi connectivity index (χ1) is 18.1. The molecule has 3 aromatic rings. The number of ether oxygens (including phenoxy) is 2. The van der Waals surface area contributed by atoms with Crippen LogP contribution in [-0.2, 0) is 16.0 Å². The van der Waals surface area contributed by atoms with Crippen molar-refractivity contribution in [3.05, 3.63) is 102 Å². The first-order valence-electron chi connectivity index (χ1n) is 12.2. The minimum atomic E-state index is -0.730. The maximum atomic E-state index is 13.8. The number of carbonyl (C=O) groups excluding carboxylic acids is 1. The van der Waals surface area contributed by atoms with E-state index in [1.54, 1.807) is 69.3 Å². The molecule has 9 heteroatoms. The zero-order valence-corrected chi connectivity index (χ0v) is 23.2. The van der Waals surface area contributed by atoms with Gasteiger partial charge < -0.3 is 14.6 Å². The summed E-state index contributed by atoms with van der Waals surface area (Å²) in [7, 11) is 0. The lowest BCUT2D eigenvalue weighted by Crippen LogP contribution is -2.40. The number of carbonyl (C=O) groups is 1. The van der Waals surface area contributed by atoms with Crippen LogP contribution in [0, 0.1) is 0 Å². The Balaban J connectivity index is 1.93. The van der Waals surface area contributed by atoms with E-state index in [1.165, 1.54) is 15.9 Å². The lowest BCUT2D eigenvalue weighted by molar-refractivity contribution is -0.143. The molecule has 198 valence electrons. The standard InChI is InChI=1S/C29H29ClN2O5S/c1-6-8-20-13-18(14-22(26(20)33)36-7-2)15-23-27(34)32-25(19-9-11-21(30)12-10-19)24(28(35)37-16(3)4)17(5)31-29(32)38-23/h6,9-16,25,33H,1,7-8H2,2-5H3/b23-15+/t25-/m1/s1. The summed E-state index contributed by atoms with van der Waals surface area (Å²) in [6.07, 6.45) is 3.53. The minimum Gasteiger partial charge on any atom is -0.504 e. The van der Waals surface area contributed by atoms with Crippen LogP contribution in [0.1, 0.15) is 50.4 Å². The topological polar surface area (TPSA) is 90.1 Å². The third-order valence-electron chi connectivity index (χ3n) is 5.91. The molecule has 0 fully saturated rings. The number of nitrogens with zero attached hydrogens (tertiary/aromatic N) is 2. The summed E-state index contributed by atoms with van der Waals surface area (Å²) in [4.78, 5) is 32.1. The molecule has 1 N–H and O–H groups in total. The van der Waals surface area contributed by atoms with Gasteiger partial charge in [0.15, 0.2) is 16.3 Å². The summed E-state index contributed by atoms with van der Waals surface area (Å²) in [5.74, 6) is -0.138. The quantitative estimate of drug-likeness (QED) is 0.324. The number of hydrogen-bond acceptors (Lipinski definition) is 7. The monoisotopic (exact) mass is 552 g/mol. The second-order valence-corrected chi connectivity index (χ2v) is 10.5. The first kappa shape index (κ1) is 27.4. The average Bonchev–Trinajstić information content (AvgIpc) is 3.15. The van der Waals surface area contributed by atoms with Crippen molar-refractivity contribution in [2.75, 3.05) is 6.61 Å². The van der Waals surface area contributed by atoms with Crippen LogP contribution in [0.15, 0.2) is 70.1 Å². The highest BCUT2D eigenvalue weighted by Gasteiger charge is 2.33. The van der Waals surface area contributed by atoms with Crippen molar-refractivity contribution in [2.45, 2.75) is 46.3 Å². The highest BCUT2D eigenvalue weighted by Crippen LogP contribution is 2.33. The van der Waals surface area contributed by atoms with Crippen molar-refractivity contribution in [1.82, 2.24) is 4.57 Å². The Morgan fingerprint density at radius 2 is 2.00 bits per heavy atom. The van der Waals surface area contributed by atoms with Crippen molar-refractivity contribution >= 4 is 35.0 Å². The van der Waals surface area contributed by atoms with E-state index in [4.69, 9.17) is 21.1 Å². The van der Waals surface area contributed by atoms with Gasteiger partial charge in [-0.25, -0.2) is 9.79 Å². The van der Waals surface area contributed by atoms with Crippen LogP contribution >= 0.6 is 22.9 Å². The molecule has 0 unspecified atom stereocenters. The number of rotatable bonds is 8. The van der Waals surface area contributed by atoms with E-state index in [2.05, 4.69) is 11.6 Å². The second-order valence-electron chi connectivity index (χ2n) is 9.04. The van der Waals surface area contributed by atoms with Crippen molar-refractivity contribution in [3.8, 4) is 11.5 Å². The Kier molecular flexibility index (Phi) is 8.23. The van der Waals surface area contributed by atoms with E-state index in [0.29, 0.717) is 61.1 Å². The van der Waals surface area contributed by atoms with Crippen LogP contribution in [0.4, 0.5) is 0 Å². The Labute approximate surface area is 229 Å². The Bertz CT molecular complexity index is 1600. The van der Waals surface area contributed by atoms with E-state index >= 15 is 0 Å². The SMILES string of the molecule is C=CCc1cc(/C=c2/sc3n(c2=O)[C@H](c2ccc(Cl)cc2)C(C(=O)OC(C)C)=C(C)N=3)cc(OCC)c1O. The molecule has 2 aromatic carbocycles. The molecule has 4 rings (SSSR count). The normalized spacial score (nSPS) is 15.3. The van der Waals surface area contributed by atoms with Crippen LogP contribution in [-0.4, -0.2) is 28.4 Å². The smallest absolute Gasteiger partial charge is 0.338 e. The van der Waals surface area contributed by atoms with Gasteiger partial charge in [-0.2, -0.15) is 0 Å². The third-order valence-corrected chi connectivity index (χ3v) is 7.14. The molecule has 0 bridgehead atoms. The Hall–Kier alpha value is -3.62. The number of esters is 1. The number of fused-ring (bicyclic) bond motifs is 1. The maximum Gasteiger partial charge on any atom is 0.338 e. The average molecular weight is 553 g/mol. The Morgan fingerprint density at radius 3 is 2.63 bits per heavy atom. The van der Waals surface area contributed by atoms with Crippen molar-refractivity contribution in [1.29, 1.82) is 0 Å². The van der Waals surface area contributed by atoms with Gasteiger partial charge in [0, 0.05) is 10.6 Å². The fraction of sp³-hybridized carbons (Fsp3) is 0.276. The molecule has 2 heterocycles.